The van der Waals surface area contributed by atoms with Gasteiger partial charge in [-0.2, -0.15) is 0 Å². The minimum absolute atomic E-state index is 0.118. The van der Waals surface area contributed by atoms with E-state index in [1.807, 2.05) is 32.2 Å². The Bertz CT molecular complexity index is 898. The number of fused-ring (bicyclic) bond motifs is 1. The van der Waals surface area contributed by atoms with Crippen LogP contribution in [0.15, 0.2) is 24.3 Å². The number of aromatic nitrogens is 1. The van der Waals surface area contributed by atoms with Crippen LogP contribution in [0.3, 0.4) is 0 Å². The van der Waals surface area contributed by atoms with E-state index in [4.69, 9.17) is 4.74 Å². The molecule has 1 aromatic carbocycles. The topological polar surface area (TPSA) is 63.2 Å². The summed E-state index contributed by atoms with van der Waals surface area (Å²) in [6, 6.07) is 6.20. The molecule has 0 bridgehead atoms. The van der Waals surface area contributed by atoms with Crippen LogP contribution in [-0.4, -0.2) is 32.6 Å². The normalized spacial score (nSPS) is 16.4. The highest BCUT2D eigenvalue weighted by Gasteiger charge is 2.30. The summed E-state index contributed by atoms with van der Waals surface area (Å²) >= 11 is 0. The van der Waals surface area contributed by atoms with E-state index in [1.54, 1.807) is 7.11 Å². The lowest BCUT2D eigenvalue weighted by Crippen LogP contribution is -2.45. The second-order valence-corrected chi connectivity index (χ2v) is 12.9. The van der Waals surface area contributed by atoms with Crippen LogP contribution in [0.4, 0.5) is 14.5 Å². The van der Waals surface area contributed by atoms with Crippen molar-refractivity contribution in [3.8, 4) is 0 Å². The zero-order valence-corrected chi connectivity index (χ0v) is 18.2. The molecule has 3 rings (SSSR count). The van der Waals surface area contributed by atoms with Crippen LogP contribution in [0.25, 0.3) is 0 Å². The minimum atomic E-state index is -2.19. The van der Waals surface area contributed by atoms with Crippen molar-refractivity contribution in [3.05, 3.63) is 52.9 Å². The third-order valence-electron chi connectivity index (χ3n) is 5.51. The Morgan fingerprint density at radius 3 is 2.62 bits per heavy atom. The smallest absolute Gasteiger partial charge is 0.246 e. The number of halogens is 2. The van der Waals surface area contributed by atoms with Crippen molar-refractivity contribution in [3.63, 3.8) is 0 Å². The van der Waals surface area contributed by atoms with E-state index in [0.717, 1.165) is 23.0 Å². The fourth-order valence-electron chi connectivity index (χ4n) is 3.61. The van der Waals surface area contributed by atoms with E-state index < -0.39 is 25.8 Å². The number of rotatable bonds is 6. The third kappa shape index (κ3) is 4.54. The van der Waals surface area contributed by atoms with Gasteiger partial charge in [-0.05, 0) is 18.2 Å². The monoisotopic (exact) mass is 419 g/mol. The number of ether oxygens (including phenoxy) is 1. The Balaban J connectivity index is 1.83. The van der Waals surface area contributed by atoms with Gasteiger partial charge in [0.05, 0.1) is 20.4 Å². The quantitative estimate of drug-likeness (QED) is 0.706. The second-order valence-electron chi connectivity index (χ2n) is 7.95. The summed E-state index contributed by atoms with van der Waals surface area (Å²) in [6.07, 6.45) is 0.700. The lowest BCUT2D eigenvalue weighted by atomic mass is 9.97. The maximum Gasteiger partial charge on any atom is 0.246 e. The van der Waals surface area contributed by atoms with Gasteiger partial charge in [-0.3, -0.25) is 9.78 Å². The largest absolute Gasteiger partial charge is 0.378 e. The molecule has 29 heavy (non-hydrogen) atoms. The Morgan fingerprint density at radius 1 is 1.31 bits per heavy atom. The number of amides is 1. The number of methoxy groups -OCH3 is 1. The molecule has 2 heterocycles. The maximum absolute atomic E-state index is 14.6. The molecule has 0 radical (unpaired) electrons. The molecular weight excluding hydrogens is 392 g/mol. The number of anilines is 1. The van der Waals surface area contributed by atoms with Gasteiger partial charge in [0.1, 0.15) is 17.7 Å². The van der Waals surface area contributed by atoms with Gasteiger partial charge < -0.3 is 15.4 Å². The van der Waals surface area contributed by atoms with Gasteiger partial charge in [-0.25, -0.2) is 8.78 Å². The van der Waals surface area contributed by atoms with Crippen molar-refractivity contribution < 1.29 is 18.3 Å². The second kappa shape index (κ2) is 8.69. The number of pyridine rings is 1. The van der Waals surface area contributed by atoms with E-state index in [1.165, 1.54) is 12.1 Å². The molecule has 2 N–H and O–H groups in total. The average molecular weight is 420 g/mol. The van der Waals surface area contributed by atoms with Gasteiger partial charge in [0.15, 0.2) is 0 Å². The van der Waals surface area contributed by atoms with Crippen LogP contribution in [-0.2, 0) is 22.6 Å². The number of benzene rings is 1. The minimum Gasteiger partial charge on any atom is -0.378 e. The molecule has 0 saturated heterocycles. The van der Waals surface area contributed by atoms with Crippen molar-refractivity contribution in [1.29, 1.82) is 0 Å². The third-order valence-corrected chi connectivity index (χ3v) is 9.11. The molecule has 0 aliphatic carbocycles. The summed E-state index contributed by atoms with van der Waals surface area (Å²) in [7, 11) is -0.587. The van der Waals surface area contributed by atoms with Crippen molar-refractivity contribution in [2.24, 2.45) is 0 Å². The van der Waals surface area contributed by atoms with Crippen LogP contribution in [0.1, 0.15) is 29.9 Å². The highest BCUT2D eigenvalue weighted by Crippen LogP contribution is 2.25. The summed E-state index contributed by atoms with van der Waals surface area (Å²) in [5.41, 5.74) is 2.52. The number of nitrogens with one attached hydrogen (secondary N) is 2. The van der Waals surface area contributed by atoms with Crippen LogP contribution < -0.4 is 15.8 Å². The molecule has 1 amide bonds. The van der Waals surface area contributed by atoms with Crippen molar-refractivity contribution >= 4 is 24.9 Å². The Labute approximate surface area is 170 Å². The number of hydrogen-bond donors (Lipinski definition) is 2. The summed E-state index contributed by atoms with van der Waals surface area (Å²) in [6.45, 7) is 6.80. The SMILES string of the molecule is CC[Si](C)(C)c1c(F)cc(NC(=O)[C@@H]2NCCc3nc(COC)ccc32)cc1F. The first-order valence-corrected chi connectivity index (χ1v) is 13.0. The standard InChI is InChI=1S/C21H27F2N3O2Si/c1-5-29(3,4)20-16(22)10-14(11-17(20)23)26-21(27)19-15-7-6-13(12-28-2)25-18(15)8-9-24-19/h6-7,10-11,19,24H,5,8-9,12H2,1-4H3,(H,26,27)/t19-/m1/s1. The molecule has 8 heteroatoms. The highest BCUT2D eigenvalue weighted by atomic mass is 28.3. The Morgan fingerprint density at radius 2 is 2.00 bits per heavy atom. The summed E-state index contributed by atoms with van der Waals surface area (Å²) in [4.78, 5) is 17.4. The van der Waals surface area contributed by atoms with E-state index >= 15 is 0 Å². The molecule has 5 nitrogen and oxygen atoms in total. The van der Waals surface area contributed by atoms with Crippen molar-refractivity contribution in [2.75, 3.05) is 19.0 Å². The van der Waals surface area contributed by atoms with Crippen LogP contribution in [0, 0.1) is 11.6 Å². The van der Waals surface area contributed by atoms with E-state index in [0.29, 0.717) is 19.6 Å². The molecule has 1 aromatic heterocycles. The van der Waals surface area contributed by atoms with E-state index in [-0.39, 0.29) is 16.8 Å². The van der Waals surface area contributed by atoms with E-state index in [9.17, 15) is 13.6 Å². The van der Waals surface area contributed by atoms with Gasteiger partial charge in [0, 0.05) is 42.2 Å². The first-order valence-electron chi connectivity index (χ1n) is 9.78. The fraction of sp³-hybridized carbons (Fsp3) is 0.429. The number of carbonyl (C=O) groups is 1. The Kier molecular flexibility index (Phi) is 6.45. The van der Waals surface area contributed by atoms with Crippen LogP contribution >= 0.6 is 0 Å². The van der Waals surface area contributed by atoms with E-state index in [2.05, 4.69) is 15.6 Å². The summed E-state index contributed by atoms with van der Waals surface area (Å²) in [5, 5.41) is 5.98. The molecule has 1 atom stereocenters. The average Bonchev–Trinajstić information content (AvgIpc) is 2.66. The lowest BCUT2D eigenvalue weighted by molar-refractivity contribution is -0.118. The van der Waals surface area contributed by atoms with Crippen LogP contribution in [0.2, 0.25) is 19.1 Å². The van der Waals surface area contributed by atoms with Gasteiger partial charge in [-0.1, -0.05) is 32.1 Å². The Hall–Kier alpha value is -2.16. The molecule has 0 unspecified atom stereocenters. The molecule has 2 aromatic rings. The zero-order valence-electron chi connectivity index (χ0n) is 17.2. The molecule has 0 spiro atoms. The van der Waals surface area contributed by atoms with Crippen molar-refractivity contribution in [2.45, 2.75) is 45.1 Å². The van der Waals surface area contributed by atoms with Crippen LogP contribution in [0.5, 0.6) is 0 Å². The van der Waals surface area contributed by atoms with Crippen molar-refractivity contribution in [1.82, 2.24) is 10.3 Å². The first-order chi connectivity index (χ1) is 13.8. The molecule has 0 fully saturated rings. The number of nitrogens with zero attached hydrogens (tertiary/aromatic N) is 1. The van der Waals surface area contributed by atoms with Gasteiger partial charge in [0.25, 0.3) is 0 Å². The fourth-order valence-corrected chi connectivity index (χ4v) is 5.40. The maximum atomic E-state index is 14.6. The summed E-state index contributed by atoms with van der Waals surface area (Å²) in [5.74, 6) is -1.56. The zero-order chi connectivity index (χ0) is 21.2. The lowest BCUT2D eigenvalue weighted by Gasteiger charge is -2.26. The molecular formula is C21H27F2N3O2Si. The predicted molar refractivity (Wildman–Crippen MR) is 112 cm³/mol. The molecule has 0 saturated carbocycles. The summed E-state index contributed by atoms with van der Waals surface area (Å²) < 4.78 is 34.4. The molecule has 1 aliphatic heterocycles. The molecule has 1 aliphatic rings. The first kappa shape index (κ1) is 21.5. The number of carbonyl (C=O) groups excluding carboxylic acids is 1. The van der Waals surface area contributed by atoms with Gasteiger partial charge in [-0.15, -0.1) is 0 Å². The number of hydrogen-bond acceptors (Lipinski definition) is 4. The van der Waals surface area contributed by atoms with Gasteiger partial charge >= 0.3 is 0 Å². The van der Waals surface area contributed by atoms with Gasteiger partial charge in [0.2, 0.25) is 5.91 Å². The molecule has 156 valence electrons. The predicted octanol–water partition coefficient (Wildman–Crippen LogP) is 3.27. The highest BCUT2D eigenvalue weighted by molar-refractivity contribution is 6.89.